The van der Waals surface area contributed by atoms with E-state index in [0.29, 0.717) is 16.5 Å². The molecule has 2 amide bonds. The zero-order valence-electron chi connectivity index (χ0n) is 13.7. The Bertz CT molecular complexity index is 821. The Kier molecular flexibility index (Phi) is 7.19. The number of benzene rings is 1. The summed E-state index contributed by atoms with van der Waals surface area (Å²) in [6, 6.07) is 8.46. The number of hydrogen-bond donors (Lipinski definition) is 3. The summed E-state index contributed by atoms with van der Waals surface area (Å²) < 4.78 is 10.4. The van der Waals surface area contributed by atoms with Crippen molar-refractivity contribution in [1.82, 2.24) is 16.2 Å². The first-order valence-electron chi connectivity index (χ1n) is 7.44. The highest BCUT2D eigenvalue weighted by molar-refractivity contribution is 7.80. The van der Waals surface area contributed by atoms with Gasteiger partial charge in [-0.1, -0.05) is 11.6 Å². The summed E-state index contributed by atoms with van der Waals surface area (Å²) in [7, 11) is 0. The van der Waals surface area contributed by atoms with Crippen LogP contribution in [0.3, 0.4) is 0 Å². The van der Waals surface area contributed by atoms with Crippen LogP contribution in [-0.2, 0) is 9.59 Å². The molecule has 0 spiro atoms. The van der Waals surface area contributed by atoms with Gasteiger partial charge >= 0.3 is 0 Å². The zero-order valence-corrected chi connectivity index (χ0v) is 15.3. The Morgan fingerprint density at radius 1 is 1.31 bits per heavy atom. The van der Waals surface area contributed by atoms with Gasteiger partial charge in [-0.25, -0.2) is 0 Å². The maximum absolute atomic E-state index is 11.7. The molecule has 26 heavy (non-hydrogen) atoms. The monoisotopic (exact) mass is 393 g/mol. The number of furan rings is 1. The highest BCUT2D eigenvalue weighted by Gasteiger charge is 2.06. The average molecular weight is 394 g/mol. The van der Waals surface area contributed by atoms with Crippen LogP contribution in [0.5, 0.6) is 5.75 Å². The summed E-state index contributed by atoms with van der Waals surface area (Å²) in [6.07, 6.45) is 4.23. The van der Waals surface area contributed by atoms with Gasteiger partial charge in [0.15, 0.2) is 11.7 Å². The number of amides is 2. The van der Waals surface area contributed by atoms with E-state index in [2.05, 4.69) is 16.2 Å². The summed E-state index contributed by atoms with van der Waals surface area (Å²) in [5.74, 6) is 0.101. The van der Waals surface area contributed by atoms with E-state index < -0.39 is 11.8 Å². The number of thiocarbonyl (C=S) groups is 1. The van der Waals surface area contributed by atoms with Crippen LogP contribution >= 0.6 is 23.8 Å². The molecule has 0 aliphatic rings. The zero-order chi connectivity index (χ0) is 18.9. The van der Waals surface area contributed by atoms with Crippen molar-refractivity contribution in [3.63, 3.8) is 0 Å². The van der Waals surface area contributed by atoms with Crippen molar-refractivity contribution in [3.05, 3.63) is 59.0 Å². The summed E-state index contributed by atoms with van der Waals surface area (Å²) in [5.41, 5.74) is 5.56. The van der Waals surface area contributed by atoms with E-state index >= 15 is 0 Å². The van der Waals surface area contributed by atoms with E-state index in [1.165, 1.54) is 18.4 Å². The quantitative estimate of drug-likeness (QED) is 0.410. The fourth-order valence-electron chi connectivity index (χ4n) is 1.75. The maximum atomic E-state index is 11.7. The number of carbonyl (C=O) groups excluding carboxylic acids is 2. The van der Waals surface area contributed by atoms with Crippen molar-refractivity contribution in [1.29, 1.82) is 0 Å². The molecule has 7 nitrogen and oxygen atoms in total. The van der Waals surface area contributed by atoms with E-state index in [9.17, 15) is 9.59 Å². The molecule has 9 heteroatoms. The molecular formula is C17H16ClN3O4S. The maximum Gasteiger partial charge on any atom is 0.276 e. The number of nitrogens with one attached hydrogen (secondary N) is 3. The first kappa shape index (κ1) is 19.5. The summed E-state index contributed by atoms with van der Waals surface area (Å²) in [4.78, 5) is 23.4. The Morgan fingerprint density at radius 3 is 2.81 bits per heavy atom. The fraction of sp³-hybridized carbons (Fsp3) is 0.118. The van der Waals surface area contributed by atoms with Crippen molar-refractivity contribution in [2.45, 2.75) is 6.92 Å². The third kappa shape index (κ3) is 6.58. The molecular weight excluding hydrogens is 378 g/mol. The van der Waals surface area contributed by atoms with E-state index in [1.54, 1.807) is 30.3 Å². The van der Waals surface area contributed by atoms with E-state index in [1.807, 2.05) is 6.92 Å². The first-order chi connectivity index (χ1) is 12.4. The Morgan fingerprint density at radius 2 is 2.12 bits per heavy atom. The lowest BCUT2D eigenvalue weighted by Crippen LogP contribution is -2.49. The van der Waals surface area contributed by atoms with Gasteiger partial charge < -0.3 is 9.15 Å². The van der Waals surface area contributed by atoms with Crippen molar-refractivity contribution >= 4 is 46.8 Å². The van der Waals surface area contributed by atoms with Gasteiger partial charge in [0.1, 0.15) is 11.5 Å². The van der Waals surface area contributed by atoms with Gasteiger partial charge in [-0.3, -0.25) is 25.8 Å². The summed E-state index contributed by atoms with van der Waals surface area (Å²) >= 11 is 10.8. The van der Waals surface area contributed by atoms with Gasteiger partial charge in [-0.15, -0.1) is 0 Å². The van der Waals surface area contributed by atoms with E-state index in [4.69, 9.17) is 33.0 Å². The second-order valence-electron chi connectivity index (χ2n) is 5.04. The molecule has 2 rings (SSSR count). The number of hydrogen-bond acceptors (Lipinski definition) is 5. The van der Waals surface area contributed by atoms with Gasteiger partial charge in [0.05, 0.1) is 6.26 Å². The Balaban J connectivity index is 1.68. The number of hydrazine groups is 1. The molecule has 0 radical (unpaired) electrons. The number of aryl methyl sites for hydroxylation is 1. The second kappa shape index (κ2) is 9.59. The van der Waals surface area contributed by atoms with Crippen LogP contribution in [0.15, 0.2) is 47.1 Å². The van der Waals surface area contributed by atoms with Crippen LogP contribution in [-0.4, -0.2) is 23.5 Å². The smallest absolute Gasteiger partial charge is 0.276 e. The molecule has 0 saturated carbocycles. The van der Waals surface area contributed by atoms with Gasteiger partial charge in [-0.2, -0.15) is 0 Å². The number of ether oxygens (including phenoxy) is 1. The highest BCUT2D eigenvalue weighted by atomic mass is 35.5. The van der Waals surface area contributed by atoms with Gasteiger partial charge in [0.25, 0.3) is 5.91 Å². The fourth-order valence-corrected chi connectivity index (χ4v) is 2.02. The topological polar surface area (TPSA) is 92.6 Å². The molecule has 136 valence electrons. The number of carbonyl (C=O) groups is 2. The van der Waals surface area contributed by atoms with Gasteiger partial charge in [0, 0.05) is 11.1 Å². The molecule has 0 aliphatic heterocycles. The highest BCUT2D eigenvalue weighted by Crippen LogP contribution is 2.20. The first-order valence-corrected chi connectivity index (χ1v) is 8.23. The largest absolute Gasteiger partial charge is 0.484 e. The second-order valence-corrected chi connectivity index (χ2v) is 5.86. The molecule has 0 aliphatic carbocycles. The molecule has 3 N–H and O–H groups in total. The molecule has 0 bridgehead atoms. The van der Waals surface area contributed by atoms with Crippen LogP contribution in [0.1, 0.15) is 11.3 Å². The minimum atomic E-state index is -0.472. The predicted octanol–water partition coefficient (Wildman–Crippen LogP) is 2.36. The summed E-state index contributed by atoms with van der Waals surface area (Å²) in [6.45, 7) is 1.60. The number of halogens is 1. The van der Waals surface area contributed by atoms with E-state index in [0.717, 1.165) is 5.56 Å². The molecule has 1 aromatic heterocycles. The van der Waals surface area contributed by atoms with Crippen molar-refractivity contribution < 1.29 is 18.7 Å². The van der Waals surface area contributed by atoms with Crippen LogP contribution in [0.2, 0.25) is 5.02 Å². The van der Waals surface area contributed by atoms with Crippen molar-refractivity contribution in [2.75, 3.05) is 6.61 Å². The van der Waals surface area contributed by atoms with Gasteiger partial charge in [0.2, 0.25) is 5.91 Å². The van der Waals surface area contributed by atoms with Crippen LogP contribution in [0, 0.1) is 6.92 Å². The number of rotatable bonds is 5. The van der Waals surface area contributed by atoms with Crippen LogP contribution in [0.4, 0.5) is 0 Å². The Labute approximate surface area is 160 Å². The molecule has 0 fully saturated rings. The third-order valence-corrected chi connectivity index (χ3v) is 3.62. The molecule has 0 atom stereocenters. The molecule has 1 aromatic carbocycles. The molecule has 2 aromatic rings. The molecule has 0 saturated heterocycles. The van der Waals surface area contributed by atoms with Gasteiger partial charge in [-0.05, 0) is 61.1 Å². The van der Waals surface area contributed by atoms with Crippen LogP contribution in [0.25, 0.3) is 6.08 Å². The average Bonchev–Trinajstić information content (AvgIpc) is 3.13. The molecule has 0 unspecified atom stereocenters. The lowest BCUT2D eigenvalue weighted by Gasteiger charge is -2.11. The minimum Gasteiger partial charge on any atom is -0.484 e. The molecule has 1 heterocycles. The summed E-state index contributed by atoms with van der Waals surface area (Å²) in [5, 5.41) is 2.92. The normalized spacial score (nSPS) is 10.4. The standard InChI is InChI=1S/C17H16ClN3O4S/c1-11-9-13(4-6-14(11)18)25-10-16(23)20-21-17(26)19-15(22)7-5-12-3-2-8-24-12/h2-9H,10H2,1H3,(H,20,23)(H2,19,21,22,26)/b7-5+. The lowest BCUT2D eigenvalue weighted by molar-refractivity contribution is -0.123. The lowest BCUT2D eigenvalue weighted by atomic mass is 10.2. The minimum absolute atomic E-state index is 0.0604. The van der Waals surface area contributed by atoms with Crippen molar-refractivity contribution in [2.24, 2.45) is 0 Å². The van der Waals surface area contributed by atoms with Crippen LogP contribution < -0.4 is 20.9 Å². The van der Waals surface area contributed by atoms with Crippen molar-refractivity contribution in [3.8, 4) is 5.75 Å². The predicted molar refractivity (Wildman–Crippen MR) is 101 cm³/mol. The van der Waals surface area contributed by atoms with E-state index in [-0.39, 0.29) is 11.7 Å². The third-order valence-electron chi connectivity index (χ3n) is 2.99. The Hall–Kier alpha value is -2.84. The SMILES string of the molecule is Cc1cc(OCC(=O)NNC(=S)NC(=O)/C=C/c2ccco2)ccc1Cl.